The number of carboxylic acids is 1. The Morgan fingerprint density at radius 3 is 2.89 bits per heavy atom. The Hall–Kier alpha value is -1.33. The molecule has 0 aliphatic carbocycles. The van der Waals surface area contributed by atoms with E-state index in [2.05, 4.69) is 16.7 Å². The minimum absolute atomic E-state index is 0.0670. The van der Waals surface area contributed by atoms with Crippen molar-refractivity contribution in [3.8, 4) is 0 Å². The first kappa shape index (κ1) is 14.1. The van der Waals surface area contributed by atoms with Gasteiger partial charge in [0.25, 0.3) is 0 Å². The molecule has 0 amide bonds. The van der Waals surface area contributed by atoms with Gasteiger partial charge in [-0.1, -0.05) is 6.92 Å². The second kappa shape index (κ2) is 6.21. The summed E-state index contributed by atoms with van der Waals surface area (Å²) in [5.74, 6) is 0.730. The predicted molar refractivity (Wildman–Crippen MR) is 71.8 cm³/mol. The first-order chi connectivity index (χ1) is 9.04. The van der Waals surface area contributed by atoms with E-state index in [9.17, 15) is 4.79 Å². The smallest absolute Gasteiger partial charge is 0.304 e. The van der Waals surface area contributed by atoms with Crippen molar-refractivity contribution in [1.29, 1.82) is 0 Å². The molecule has 2 unspecified atom stereocenters. The van der Waals surface area contributed by atoms with Crippen LogP contribution in [0.15, 0.2) is 22.8 Å². The third-order valence-electron chi connectivity index (χ3n) is 3.63. The summed E-state index contributed by atoms with van der Waals surface area (Å²) >= 11 is 0. The SMILES string of the molecule is CC1CN(Cc2ccco2)CC(CC(=O)O)N(C)C1. The van der Waals surface area contributed by atoms with Crippen LogP contribution in [0.4, 0.5) is 0 Å². The number of hydrogen-bond donors (Lipinski definition) is 1. The monoisotopic (exact) mass is 266 g/mol. The lowest BCUT2D eigenvalue weighted by atomic mass is 10.1. The zero-order chi connectivity index (χ0) is 13.8. The minimum Gasteiger partial charge on any atom is -0.481 e. The Balaban J connectivity index is 2.03. The van der Waals surface area contributed by atoms with Gasteiger partial charge in [0.2, 0.25) is 0 Å². The van der Waals surface area contributed by atoms with E-state index in [0.717, 1.165) is 31.9 Å². The van der Waals surface area contributed by atoms with Crippen molar-refractivity contribution in [3.05, 3.63) is 24.2 Å². The van der Waals surface area contributed by atoms with Gasteiger partial charge in [-0.25, -0.2) is 0 Å². The number of likely N-dealkylation sites (N-methyl/N-ethyl adjacent to an activating group) is 1. The Morgan fingerprint density at radius 2 is 2.26 bits per heavy atom. The summed E-state index contributed by atoms with van der Waals surface area (Å²) in [6.45, 7) is 5.64. The lowest BCUT2D eigenvalue weighted by Gasteiger charge is -2.27. The second-order valence-electron chi connectivity index (χ2n) is 5.57. The van der Waals surface area contributed by atoms with Crippen molar-refractivity contribution in [2.45, 2.75) is 25.9 Å². The van der Waals surface area contributed by atoms with Gasteiger partial charge in [0.15, 0.2) is 0 Å². The number of carbonyl (C=O) groups is 1. The summed E-state index contributed by atoms with van der Waals surface area (Å²) in [6, 6.07) is 3.92. The molecule has 2 heterocycles. The van der Waals surface area contributed by atoms with E-state index in [1.54, 1.807) is 6.26 Å². The first-order valence-electron chi connectivity index (χ1n) is 6.71. The summed E-state index contributed by atoms with van der Waals surface area (Å²) in [5.41, 5.74) is 0. The van der Waals surface area contributed by atoms with Gasteiger partial charge in [-0.2, -0.15) is 0 Å². The molecule has 0 radical (unpaired) electrons. The van der Waals surface area contributed by atoms with Gasteiger partial charge >= 0.3 is 5.97 Å². The Labute approximate surface area is 113 Å². The topological polar surface area (TPSA) is 56.9 Å². The number of furan rings is 1. The number of rotatable bonds is 4. The largest absolute Gasteiger partial charge is 0.481 e. The molecule has 5 nitrogen and oxygen atoms in total. The van der Waals surface area contributed by atoms with Crippen molar-refractivity contribution < 1.29 is 14.3 Å². The Bertz CT molecular complexity index is 405. The van der Waals surface area contributed by atoms with Crippen LogP contribution in [-0.4, -0.2) is 53.6 Å². The van der Waals surface area contributed by atoms with E-state index in [1.165, 1.54) is 0 Å². The van der Waals surface area contributed by atoms with Gasteiger partial charge in [0.05, 0.1) is 19.2 Å². The Kier molecular flexibility index (Phi) is 4.61. The molecule has 1 fully saturated rings. The van der Waals surface area contributed by atoms with Gasteiger partial charge in [0.1, 0.15) is 5.76 Å². The highest BCUT2D eigenvalue weighted by Gasteiger charge is 2.27. The normalized spacial score (nSPS) is 26.2. The Morgan fingerprint density at radius 1 is 1.47 bits per heavy atom. The highest BCUT2D eigenvalue weighted by Crippen LogP contribution is 2.17. The zero-order valence-electron chi connectivity index (χ0n) is 11.6. The molecule has 5 heteroatoms. The molecule has 1 aromatic rings. The molecule has 19 heavy (non-hydrogen) atoms. The van der Waals surface area contributed by atoms with E-state index < -0.39 is 5.97 Å². The van der Waals surface area contributed by atoms with Crippen LogP contribution in [0, 0.1) is 5.92 Å². The number of carboxylic acid groups (broad SMARTS) is 1. The minimum atomic E-state index is -0.732. The fraction of sp³-hybridized carbons (Fsp3) is 0.643. The van der Waals surface area contributed by atoms with E-state index in [-0.39, 0.29) is 12.5 Å². The molecule has 1 aliphatic rings. The van der Waals surface area contributed by atoms with Crippen molar-refractivity contribution in [2.75, 3.05) is 26.7 Å². The van der Waals surface area contributed by atoms with Crippen LogP contribution in [0.1, 0.15) is 19.1 Å². The average molecular weight is 266 g/mol. The molecule has 2 rings (SSSR count). The quantitative estimate of drug-likeness (QED) is 0.895. The van der Waals surface area contributed by atoms with Crippen LogP contribution >= 0.6 is 0 Å². The van der Waals surface area contributed by atoms with Crippen LogP contribution in [-0.2, 0) is 11.3 Å². The highest BCUT2D eigenvalue weighted by molar-refractivity contribution is 5.67. The third kappa shape index (κ3) is 4.08. The van der Waals surface area contributed by atoms with E-state index in [0.29, 0.717) is 5.92 Å². The van der Waals surface area contributed by atoms with Gasteiger partial charge in [-0.05, 0) is 25.1 Å². The molecule has 1 aromatic heterocycles. The van der Waals surface area contributed by atoms with Gasteiger partial charge < -0.3 is 14.4 Å². The maximum atomic E-state index is 11.0. The molecule has 1 aliphatic heterocycles. The van der Waals surface area contributed by atoms with E-state index in [4.69, 9.17) is 9.52 Å². The molecular weight excluding hydrogens is 244 g/mol. The van der Waals surface area contributed by atoms with Crippen molar-refractivity contribution in [3.63, 3.8) is 0 Å². The maximum Gasteiger partial charge on any atom is 0.304 e. The summed E-state index contributed by atoms with van der Waals surface area (Å²) in [6.07, 6.45) is 1.87. The van der Waals surface area contributed by atoms with Crippen molar-refractivity contribution in [1.82, 2.24) is 9.80 Å². The number of aliphatic carboxylic acids is 1. The van der Waals surface area contributed by atoms with Crippen molar-refractivity contribution in [2.24, 2.45) is 5.92 Å². The van der Waals surface area contributed by atoms with Gasteiger partial charge in [-0.3, -0.25) is 9.69 Å². The molecule has 0 aromatic carbocycles. The first-order valence-corrected chi connectivity index (χ1v) is 6.71. The van der Waals surface area contributed by atoms with Crippen LogP contribution < -0.4 is 0 Å². The van der Waals surface area contributed by atoms with Crippen molar-refractivity contribution >= 4 is 5.97 Å². The number of hydrogen-bond acceptors (Lipinski definition) is 4. The van der Waals surface area contributed by atoms with E-state index >= 15 is 0 Å². The van der Waals surface area contributed by atoms with E-state index in [1.807, 2.05) is 19.2 Å². The standard InChI is InChI=1S/C14H22N2O3/c1-11-7-15(2)12(6-14(17)18)9-16(8-11)10-13-4-3-5-19-13/h3-5,11-12H,6-10H2,1-2H3,(H,17,18). The molecule has 1 saturated heterocycles. The molecule has 0 saturated carbocycles. The van der Waals surface area contributed by atoms with Crippen LogP contribution in [0.2, 0.25) is 0 Å². The van der Waals surface area contributed by atoms with Crippen LogP contribution in [0.5, 0.6) is 0 Å². The van der Waals surface area contributed by atoms with Crippen LogP contribution in [0.25, 0.3) is 0 Å². The highest BCUT2D eigenvalue weighted by atomic mass is 16.4. The molecule has 0 bridgehead atoms. The third-order valence-corrected chi connectivity index (χ3v) is 3.63. The summed E-state index contributed by atoms with van der Waals surface area (Å²) in [4.78, 5) is 15.4. The molecule has 2 atom stereocenters. The maximum absolute atomic E-state index is 11.0. The average Bonchev–Trinajstić information content (AvgIpc) is 2.75. The predicted octanol–water partition coefficient (Wildman–Crippen LogP) is 1.51. The molecular formula is C14H22N2O3. The fourth-order valence-corrected chi connectivity index (χ4v) is 2.83. The molecule has 106 valence electrons. The number of nitrogens with zero attached hydrogens (tertiary/aromatic N) is 2. The van der Waals surface area contributed by atoms with Gasteiger partial charge in [0, 0.05) is 25.7 Å². The lowest BCUT2D eigenvalue weighted by Crippen LogP contribution is -2.40. The second-order valence-corrected chi connectivity index (χ2v) is 5.57. The lowest BCUT2D eigenvalue weighted by molar-refractivity contribution is -0.138. The van der Waals surface area contributed by atoms with Crippen LogP contribution in [0.3, 0.4) is 0 Å². The summed E-state index contributed by atoms with van der Waals surface area (Å²) < 4.78 is 5.38. The summed E-state index contributed by atoms with van der Waals surface area (Å²) in [7, 11) is 2.01. The zero-order valence-corrected chi connectivity index (χ0v) is 11.6. The fourth-order valence-electron chi connectivity index (χ4n) is 2.83. The summed E-state index contributed by atoms with van der Waals surface area (Å²) in [5, 5.41) is 9.02. The molecule has 1 N–H and O–H groups in total. The van der Waals surface area contributed by atoms with Gasteiger partial charge in [-0.15, -0.1) is 0 Å². The molecule has 0 spiro atoms.